The van der Waals surface area contributed by atoms with Crippen LogP contribution in [0.15, 0.2) is 48.7 Å². The van der Waals surface area contributed by atoms with Crippen molar-refractivity contribution in [3.05, 3.63) is 65.7 Å². The van der Waals surface area contributed by atoms with Gasteiger partial charge >= 0.3 is 6.61 Å². The third-order valence-corrected chi connectivity index (χ3v) is 6.06. The smallest absolute Gasteiger partial charge is 0.387 e. The number of hydrogen-bond acceptors (Lipinski definition) is 6. The molecule has 1 N–H and O–H groups in total. The average molecular weight is 479 g/mol. The summed E-state index contributed by atoms with van der Waals surface area (Å²) < 4.78 is 32.4. The summed E-state index contributed by atoms with van der Waals surface area (Å²) in [5.74, 6) is 1.39. The molecule has 5 rings (SSSR count). The van der Waals surface area contributed by atoms with E-state index >= 15 is 0 Å². The molecule has 1 aliphatic rings. The average Bonchev–Trinajstić information content (AvgIpc) is 3.14. The number of nitrogens with one attached hydrogen (secondary N) is 1. The van der Waals surface area contributed by atoms with Crippen molar-refractivity contribution in [1.82, 2.24) is 24.8 Å². The molecule has 0 saturated carbocycles. The number of amides is 1. The summed E-state index contributed by atoms with van der Waals surface area (Å²) >= 11 is 0. The predicted molar refractivity (Wildman–Crippen MR) is 128 cm³/mol. The normalized spacial score (nSPS) is 14.0. The molecule has 0 atom stereocenters. The zero-order valence-electron chi connectivity index (χ0n) is 19.3. The second kappa shape index (κ2) is 9.28. The summed E-state index contributed by atoms with van der Waals surface area (Å²) in [6.45, 7) is 2.69. The number of imidazole rings is 1. The number of nitrogens with zero attached hydrogens (tertiary/aromatic N) is 5. The molecule has 0 radical (unpaired) electrons. The Kier molecular flexibility index (Phi) is 6.02. The van der Waals surface area contributed by atoms with E-state index in [2.05, 4.69) is 20.3 Å². The Morgan fingerprint density at radius 2 is 1.97 bits per heavy atom. The largest absolute Gasteiger partial charge is 0.434 e. The number of benzene rings is 2. The van der Waals surface area contributed by atoms with Crippen LogP contribution in [0.5, 0.6) is 5.75 Å². The van der Waals surface area contributed by atoms with E-state index in [0.717, 1.165) is 33.7 Å². The first kappa shape index (κ1) is 22.7. The number of aryl methyl sites for hydroxylation is 2. The molecule has 35 heavy (non-hydrogen) atoms. The number of halogens is 2. The quantitative estimate of drug-likeness (QED) is 0.455. The number of rotatable bonds is 6. The number of alkyl halides is 2. The first-order valence-electron chi connectivity index (χ1n) is 11.2. The first-order chi connectivity index (χ1) is 16.9. The third kappa shape index (κ3) is 4.64. The third-order valence-electron chi connectivity index (χ3n) is 6.06. The molecule has 1 saturated heterocycles. The number of carbonyl (C=O) groups is 1. The van der Waals surface area contributed by atoms with Crippen molar-refractivity contribution < 1.29 is 18.3 Å². The summed E-state index contributed by atoms with van der Waals surface area (Å²) in [5.41, 5.74) is 4.87. The summed E-state index contributed by atoms with van der Waals surface area (Å²) in [6.07, 6.45) is 1.77. The van der Waals surface area contributed by atoms with Gasteiger partial charge in [-0.1, -0.05) is 24.3 Å². The molecule has 1 aliphatic heterocycles. The molecule has 2 aromatic heterocycles. The van der Waals surface area contributed by atoms with Crippen LogP contribution in [0.4, 0.5) is 14.7 Å². The lowest BCUT2D eigenvalue weighted by Crippen LogP contribution is -2.48. The van der Waals surface area contributed by atoms with Crippen LogP contribution in [-0.4, -0.2) is 51.7 Å². The van der Waals surface area contributed by atoms with Crippen molar-refractivity contribution in [2.24, 2.45) is 0 Å². The SMILES string of the molecule is Cc1nc(N2CCNC(=O)C2)ncc1-c1ccc2nc(C)n(Cc3ccccc3OC(F)F)c2c1. The van der Waals surface area contributed by atoms with Gasteiger partial charge in [0.05, 0.1) is 29.8 Å². The van der Waals surface area contributed by atoms with Crippen molar-refractivity contribution in [1.29, 1.82) is 0 Å². The number of piperazine rings is 1. The molecule has 8 nitrogen and oxygen atoms in total. The Bertz CT molecular complexity index is 1400. The summed E-state index contributed by atoms with van der Waals surface area (Å²) in [6, 6.07) is 12.7. The van der Waals surface area contributed by atoms with Crippen LogP contribution in [-0.2, 0) is 11.3 Å². The molecule has 0 unspecified atom stereocenters. The van der Waals surface area contributed by atoms with Crippen LogP contribution in [0.25, 0.3) is 22.2 Å². The number of carbonyl (C=O) groups excluding carboxylic acids is 1. The summed E-state index contributed by atoms with van der Waals surface area (Å²) in [7, 11) is 0. The van der Waals surface area contributed by atoms with Gasteiger partial charge in [-0.15, -0.1) is 0 Å². The molecule has 10 heteroatoms. The number of hydrogen-bond donors (Lipinski definition) is 1. The topological polar surface area (TPSA) is 85.2 Å². The zero-order chi connectivity index (χ0) is 24.5. The molecular weight excluding hydrogens is 454 g/mol. The standard InChI is InChI=1S/C25H24F2N6O2/c1-15-19(12-29-25(30-15)32-10-9-28-23(34)14-32)17-7-8-20-21(11-17)33(16(2)31-20)13-18-5-3-4-6-22(18)35-24(26)27/h3-8,11-12,24H,9-10,13-14H2,1-2H3,(H,28,34). The zero-order valence-corrected chi connectivity index (χ0v) is 19.3. The van der Waals surface area contributed by atoms with Gasteiger partial charge in [0.1, 0.15) is 11.6 Å². The monoisotopic (exact) mass is 478 g/mol. The van der Waals surface area contributed by atoms with Gasteiger partial charge in [0, 0.05) is 30.4 Å². The van der Waals surface area contributed by atoms with Crippen LogP contribution in [0, 0.1) is 13.8 Å². The molecule has 1 fully saturated rings. The van der Waals surface area contributed by atoms with E-state index in [4.69, 9.17) is 4.74 Å². The Hall–Kier alpha value is -4.08. The van der Waals surface area contributed by atoms with Gasteiger partial charge in [-0.25, -0.2) is 15.0 Å². The lowest BCUT2D eigenvalue weighted by atomic mass is 10.1. The maximum atomic E-state index is 12.9. The molecule has 4 aromatic rings. The Balaban J connectivity index is 1.49. The fourth-order valence-electron chi connectivity index (χ4n) is 4.33. The highest BCUT2D eigenvalue weighted by molar-refractivity contribution is 5.84. The minimum atomic E-state index is -2.89. The second-order valence-electron chi connectivity index (χ2n) is 8.38. The fraction of sp³-hybridized carbons (Fsp3) is 0.280. The molecule has 2 aromatic carbocycles. The Labute approximate surface area is 200 Å². The first-order valence-corrected chi connectivity index (χ1v) is 11.2. The van der Waals surface area contributed by atoms with Crippen molar-refractivity contribution >= 4 is 22.9 Å². The van der Waals surface area contributed by atoms with Gasteiger partial charge in [-0.05, 0) is 37.6 Å². The Morgan fingerprint density at radius 3 is 2.74 bits per heavy atom. The number of para-hydroxylation sites is 1. The maximum Gasteiger partial charge on any atom is 0.387 e. The van der Waals surface area contributed by atoms with Crippen LogP contribution in [0.2, 0.25) is 0 Å². The van der Waals surface area contributed by atoms with E-state index in [1.165, 1.54) is 6.07 Å². The number of fused-ring (bicyclic) bond motifs is 1. The minimum Gasteiger partial charge on any atom is -0.434 e. The van der Waals surface area contributed by atoms with Crippen molar-refractivity contribution in [2.45, 2.75) is 27.0 Å². The van der Waals surface area contributed by atoms with E-state index in [9.17, 15) is 13.6 Å². The molecule has 0 spiro atoms. The van der Waals surface area contributed by atoms with Crippen LogP contribution in [0.3, 0.4) is 0 Å². The second-order valence-corrected chi connectivity index (χ2v) is 8.38. The lowest BCUT2D eigenvalue weighted by Gasteiger charge is -2.26. The predicted octanol–water partition coefficient (Wildman–Crippen LogP) is 3.70. The molecule has 3 heterocycles. The fourth-order valence-corrected chi connectivity index (χ4v) is 4.33. The van der Waals surface area contributed by atoms with Crippen LogP contribution >= 0.6 is 0 Å². The molecule has 0 aliphatic carbocycles. The number of aromatic nitrogens is 4. The van der Waals surface area contributed by atoms with Crippen LogP contribution in [0.1, 0.15) is 17.1 Å². The number of ether oxygens (including phenoxy) is 1. The van der Waals surface area contributed by atoms with Gasteiger partial charge < -0.3 is 19.5 Å². The van der Waals surface area contributed by atoms with Crippen molar-refractivity contribution in [2.75, 3.05) is 24.5 Å². The molecule has 1 amide bonds. The van der Waals surface area contributed by atoms with E-state index in [1.807, 2.05) is 41.5 Å². The summed E-state index contributed by atoms with van der Waals surface area (Å²) in [4.78, 5) is 27.4. The van der Waals surface area contributed by atoms with Crippen molar-refractivity contribution in [3.8, 4) is 16.9 Å². The highest BCUT2D eigenvalue weighted by Gasteiger charge is 2.20. The molecule has 0 bridgehead atoms. The minimum absolute atomic E-state index is 0.0452. The van der Waals surface area contributed by atoms with Gasteiger partial charge in [-0.3, -0.25) is 4.79 Å². The molecular formula is C25H24F2N6O2. The van der Waals surface area contributed by atoms with Gasteiger partial charge in [0.25, 0.3) is 0 Å². The lowest BCUT2D eigenvalue weighted by molar-refractivity contribution is -0.120. The Morgan fingerprint density at radius 1 is 1.14 bits per heavy atom. The van der Waals surface area contributed by atoms with Gasteiger partial charge in [0.2, 0.25) is 11.9 Å². The van der Waals surface area contributed by atoms with E-state index in [1.54, 1.807) is 24.4 Å². The maximum absolute atomic E-state index is 12.9. The van der Waals surface area contributed by atoms with Crippen LogP contribution < -0.4 is 15.0 Å². The highest BCUT2D eigenvalue weighted by atomic mass is 19.3. The number of anilines is 1. The highest BCUT2D eigenvalue weighted by Crippen LogP contribution is 2.29. The van der Waals surface area contributed by atoms with Gasteiger partial charge in [-0.2, -0.15) is 8.78 Å². The van der Waals surface area contributed by atoms with E-state index in [0.29, 0.717) is 31.1 Å². The van der Waals surface area contributed by atoms with Crippen molar-refractivity contribution in [3.63, 3.8) is 0 Å². The molecule has 180 valence electrons. The van der Waals surface area contributed by atoms with E-state index in [-0.39, 0.29) is 18.2 Å². The summed E-state index contributed by atoms with van der Waals surface area (Å²) in [5, 5.41) is 2.80. The van der Waals surface area contributed by atoms with Gasteiger partial charge in [0.15, 0.2) is 0 Å². The van der Waals surface area contributed by atoms with E-state index < -0.39 is 6.61 Å².